The number of thiophene rings is 1. The largest absolute Gasteiger partial charge is 0.349 e. The van der Waals surface area contributed by atoms with E-state index in [0.29, 0.717) is 5.56 Å². The van der Waals surface area contributed by atoms with Crippen molar-refractivity contribution in [3.63, 3.8) is 0 Å². The first kappa shape index (κ1) is 15.3. The highest BCUT2D eigenvalue weighted by molar-refractivity contribution is 7.13. The lowest BCUT2D eigenvalue weighted by Crippen LogP contribution is -2.42. The molecule has 0 aliphatic carbocycles. The van der Waals surface area contributed by atoms with Crippen molar-refractivity contribution >= 4 is 28.1 Å². The Balaban J connectivity index is 1.73. The molecule has 0 bridgehead atoms. The monoisotopic (exact) mass is 337 g/mol. The van der Waals surface area contributed by atoms with Crippen molar-refractivity contribution in [1.29, 1.82) is 0 Å². The SMILES string of the molecule is O=C(NC1CCNCC1)c1cc(-c2cccs2)nc2ccccc12. The van der Waals surface area contributed by atoms with E-state index in [1.165, 1.54) is 0 Å². The molecule has 1 fully saturated rings. The number of nitrogens with one attached hydrogen (secondary N) is 2. The van der Waals surface area contributed by atoms with Gasteiger partial charge in [-0.05, 0) is 49.5 Å². The number of fused-ring (bicyclic) bond motifs is 1. The van der Waals surface area contributed by atoms with Gasteiger partial charge in [0.25, 0.3) is 5.91 Å². The number of pyridine rings is 1. The fourth-order valence-corrected chi connectivity index (χ4v) is 3.83. The number of amides is 1. The third kappa shape index (κ3) is 3.05. The highest BCUT2D eigenvalue weighted by Gasteiger charge is 2.19. The van der Waals surface area contributed by atoms with E-state index in [-0.39, 0.29) is 11.9 Å². The molecular formula is C19H19N3OS. The molecule has 0 unspecified atom stereocenters. The second kappa shape index (κ2) is 6.71. The third-order valence-electron chi connectivity index (χ3n) is 4.41. The molecule has 0 spiro atoms. The summed E-state index contributed by atoms with van der Waals surface area (Å²) in [6.07, 6.45) is 1.96. The van der Waals surface area contributed by atoms with E-state index in [1.807, 2.05) is 47.8 Å². The van der Waals surface area contributed by atoms with Crippen LogP contribution >= 0.6 is 11.3 Å². The summed E-state index contributed by atoms with van der Waals surface area (Å²) < 4.78 is 0. The van der Waals surface area contributed by atoms with E-state index < -0.39 is 0 Å². The van der Waals surface area contributed by atoms with E-state index in [1.54, 1.807) is 11.3 Å². The summed E-state index contributed by atoms with van der Waals surface area (Å²) in [6.45, 7) is 1.92. The number of carbonyl (C=O) groups excluding carboxylic acids is 1. The number of nitrogens with zero attached hydrogens (tertiary/aromatic N) is 1. The molecule has 24 heavy (non-hydrogen) atoms. The predicted molar refractivity (Wildman–Crippen MR) is 98.4 cm³/mol. The first-order valence-corrected chi connectivity index (χ1v) is 9.14. The Kier molecular flexibility index (Phi) is 4.28. The van der Waals surface area contributed by atoms with Crippen molar-refractivity contribution in [2.75, 3.05) is 13.1 Å². The van der Waals surface area contributed by atoms with E-state index in [2.05, 4.69) is 10.6 Å². The second-order valence-electron chi connectivity index (χ2n) is 6.05. The van der Waals surface area contributed by atoms with Gasteiger partial charge >= 0.3 is 0 Å². The van der Waals surface area contributed by atoms with Gasteiger partial charge in [0.15, 0.2) is 0 Å². The molecule has 1 aliphatic heterocycles. The first-order valence-electron chi connectivity index (χ1n) is 8.26. The molecule has 4 nitrogen and oxygen atoms in total. The normalized spacial score (nSPS) is 15.5. The van der Waals surface area contributed by atoms with Crippen LogP contribution in [0.25, 0.3) is 21.5 Å². The summed E-state index contributed by atoms with van der Waals surface area (Å²) in [7, 11) is 0. The summed E-state index contributed by atoms with van der Waals surface area (Å²) in [4.78, 5) is 18.7. The minimum absolute atomic E-state index is 0.00157. The van der Waals surface area contributed by atoms with Gasteiger partial charge in [-0.3, -0.25) is 4.79 Å². The zero-order chi connectivity index (χ0) is 16.4. The maximum Gasteiger partial charge on any atom is 0.252 e. The maximum atomic E-state index is 12.9. The zero-order valence-corrected chi connectivity index (χ0v) is 14.1. The minimum atomic E-state index is -0.00157. The van der Waals surface area contributed by atoms with Gasteiger partial charge in [-0.1, -0.05) is 24.3 Å². The molecule has 1 aromatic carbocycles. The van der Waals surface area contributed by atoms with Crippen molar-refractivity contribution in [2.45, 2.75) is 18.9 Å². The number of rotatable bonds is 3. The average Bonchev–Trinajstić information content (AvgIpc) is 3.16. The molecule has 122 valence electrons. The number of para-hydroxylation sites is 1. The summed E-state index contributed by atoms with van der Waals surface area (Å²) >= 11 is 1.64. The molecule has 1 aliphatic rings. The summed E-state index contributed by atoms with van der Waals surface area (Å²) in [6, 6.07) is 14.1. The highest BCUT2D eigenvalue weighted by Crippen LogP contribution is 2.28. The highest BCUT2D eigenvalue weighted by atomic mass is 32.1. The molecule has 0 atom stereocenters. The van der Waals surface area contributed by atoms with Crippen LogP contribution in [0.5, 0.6) is 0 Å². The van der Waals surface area contributed by atoms with Crippen LogP contribution < -0.4 is 10.6 Å². The molecular weight excluding hydrogens is 318 g/mol. The Bertz CT molecular complexity index is 854. The fraction of sp³-hybridized carbons (Fsp3) is 0.263. The third-order valence-corrected chi connectivity index (χ3v) is 5.30. The zero-order valence-electron chi connectivity index (χ0n) is 13.3. The molecule has 0 saturated carbocycles. The van der Waals surface area contributed by atoms with Crippen molar-refractivity contribution < 1.29 is 4.79 Å². The molecule has 1 saturated heterocycles. The van der Waals surface area contributed by atoms with E-state index in [4.69, 9.17) is 4.98 Å². The molecule has 0 radical (unpaired) electrons. The summed E-state index contributed by atoms with van der Waals surface area (Å²) in [5, 5.41) is 9.46. The van der Waals surface area contributed by atoms with Crippen LogP contribution in [0.15, 0.2) is 47.8 Å². The van der Waals surface area contributed by atoms with Gasteiger partial charge < -0.3 is 10.6 Å². The van der Waals surface area contributed by atoms with Gasteiger partial charge in [-0.15, -0.1) is 11.3 Å². The number of piperidine rings is 1. The van der Waals surface area contributed by atoms with Crippen LogP contribution in [0.3, 0.4) is 0 Å². The van der Waals surface area contributed by atoms with Gasteiger partial charge in [0.05, 0.1) is 21.7 Å². The van der Waals surface area contributed by atoms with Gasteiger partial charge in [0, 0.05) is 11.4 Å². The number of carbonyl (C=O) groups is 1. The molecule has 3 heterocycles. The topological polar surface area (TPSA) is 54.0 Å². The van der Waals surface area contributed by atoms with Crippen LogP contribution in [0.1, 0.15) is 23.2 Å². The van der Waals surface area contributed by atoms with Crippen LogP contribution in [-0.2, 0) is 0 Å². The Morgan fingerprint density at radius 1 is 1.17 bits per heavy atom. The maximum absolute atomic E-state index is 12.9. The number of hydrogen-bond acceptors (Lipinski definition) is 4. The quantitative estimate of drug-likeness (QED) is 0.770. The molecule has 5 heteroatoms. The van der Waals surface area contributed by atoms with Crippen molar-refractivity contribution in [2.24, 2.45) is 0 Å². The number of aromatic nitrogens is 1. The van der Waals surface area contributed by atoms with Crippen molar-refractivity contribution in [1.82, 2.24) is 15.6 Å². The lowest BCUT2D eigenvalue weighted by atomic mass is 10.0. The Labute approximate surface area is 144 Å². The molecule has 2 N–H and O–H groups in total. The van der Waals surface area contributed by atoms with Crippen LogP contribution in [0.2, 0.25) is 0 Å². The van der Waals surface area contributed by atoms with E-state index in [9.17, 15) is 4.79 Å². The van der Waals surface area contributed by atoms with Gasteiger partial charge in [0.1, 0.15) is 0 Å². The Morgan fingerprint density at radius 3 is 2.79 bits per heavy atom. The Hall–Kier alpha value is -2.24. The molecule has 2 aromatic heterocycles. The lowest BCUT2D eigenvalue weighted by molar-refractivity contribution is 0.0931. The van der Waals surface area contributed by atoms with Crippen LogP contribution in [0, 0.1) is 0 Å². The second-order valence-corrected chi connectivity index (χ2v) is 6.99. The predicted octanol–water partition coefficient (Wildman–Crippen LogP) is 3.45. The van der Waals surface area contributed by atoms with Gasteiger partial charge in [-0.2, -0.15) is 0 Å². The molecule has 3 aromatic rings. The van der Waals surface area contributed by atoms with Crippen LogP contribution in [0.4, 0.5) is 0 Å². The lowest BCUT2D eigenvalue weighted by Gasteiger charge is -2.24. The summed E-state index contributed by atoms with van der Waals surface area (Å²) in [5.74, 6) is -0.00157. The minimum Gasteiger partial charge on any atom is -0.349 e. The van der Waals surface area contributed by atoms with Crippen molar-refractivity contribution in [3.05, 3.63) is 53.4 Å². The van der Waals surface area contributed by atoms with E-state index >= 15 is 0 Å². The number of benzene rings is 1. The van der Waals surface area contributed by atoms with Crippen molar-refractivity contribution in [3.8, 4) is 10.6 Å². The fourth-order valence-electron chi connectivity index (χ4n) is 3.14. The van der Waals surface area contributed by atoms with Crippen LogP contribution in [-0.4, -0.2) is 30.0 Å². The van der Waals surface area contributed by atoms with Gasteiger partial charge in [-0.25, -0.2) is 4.98 Å². The first-order chi connectivity index (χ1) is 11.8. The van der Waals surface area contributed by atoms with E-state index in [0.717, 1.165) is 47.4 Å². The molecule has 4 rings (SSSR count). The molecule has 1 amide bonds. The smallest absolute Gasteiger partial charge is 0.252 e. The standard InChI is InChI=1S/C19H19N3OS/c23-19(21-13-7-9-20-10-8-13)15-12-17(18-6-3-11-24-18)22-16-5-2-1-4-14(15)16/h1-6,11-13,20H,7-10H2,(H,21,23). The van der Waals surface area contributed by atoms with Gasteiger partial charge in [0.2, 0.25) is 0 Å². The average molecular weight is 337 g/mol. The summed E-state index contributed by atoms with van der Waals surface area (Å²) in [5.41, 5.74) is 2.43. The Morgan fingerprint density at radius 2 is 2.00 bits per heavy atom. The number of hydrogen-bond donors (Lipinski definition) is 2.